The molecule has 0 spiro atoms. The van der Waals surface area contributed by atoms with E-state index in [9.17, 15) is 9.90 Å². The van der Waals surface area contributed by atoms with Gasteiger partial charge in [-0.25, -0.2) is 0 Å². The first-order valence-corrected chi connectivity index (χ1v) is 10.3. The van der Waals surface area contributed by atoms with Crippen LogP contribution in [0.15, 0.2) is 28.7 Å². The number of carbonyl (C=O) groups is 1. The summed E-state index contributed by atoms with van der Waals surface area (Å²) in [6, 6.07) is 7.19. The standard InChI is InChI=1S/C21H30N4O3/c1-2-3-4-5-6-7-18-24-25-21(28-18)16-10-8-15(9-11-16)14-23-20(27)19-17(26)12-13-22-19/h8-11,17,19,22,26H,2-7,12-14H2,1H3,(H,23,27)/t17-,19-/m0/s1. The molecule has 3 rings (SSSR count). The van der Waals surface area contributed by atoms with Gasteiger partial charge >= 0.3 is 0 Å². The Morgan fingerprint density at radius 2 is 2.00 bits per heavy atom. The molecule has 1 saturated heterocycles. The van der Waals surface area contributed by atoms with Crippen molar-refractivity contribution in [1.29, 1.82) is 0 Å². The monoisotopic (exact) mass is 386 g/mol. The fraction of sp³-hybridized carbons (Fsp3) is 0.571. The molecule has 1 amide bonds. The lowest BCUT2D eigenvalue weighted by atomic mass is 10.1. The third-order valence-electron chi connectivity index (χ3n) is 5.10. The molecule has 7 heteroatoms. The van der Waals surface area contributed by atoms with Crippen molar-refractivity contribution in [2.24, 2.45) is 0 Å². The first-order valence-electron chi connectivity index (χ1n) is 10.3. The zero-order valence-electron chi connectivity index (χ0n) is 16.5. The maximum Gasteiger partial charge on any atom is 0.247 e. The average molecular weight is 386 g/mol. The van der Waals surface area contributed by atoms with Crippen molar-refractivity contribution in [1.82, 2.24) is 20.8 Å². The molecule has 1 fully saturated rings. The highest BCUT2D eigenvalue weighted by molar-refractivity contribution is 5.82. The molecule has 1 aromatic heterocycles. The van der Waals surface area contributed by atoms with Gasteiger partial charge in [-0.3, -0.25) is 4.79 Å². The Morgan fingerprint density at radius 1 is 1.21 bits per heavy atom. The first kappa shape index (κ1) is 20.5. The highest BCUT2D eigenvalue weighted by Gasteiger charge is 2.30. The molecule has 0 saturated carbocycles. The molecular formula is C21H30N4O3. The second-order valence-electron chi connectivity index (χ2n) is 7.37. The minimum atomic E-state index is -0.610. The Kier molecular flexibility index (Phi) is 7.56. The maximum absolute atomic E-state index is 12.1. The number of carbonyl (C=O) groups excluding carboxylic acids is 1. The van der Waals surface area contributed by atoms with Crippen LogP contribution in [-0.4, -0.2) is 39.9 Å². The predicted molar refractivity (Wildman–Crippen MR) is 106 cm³/mol. The molecule has 3 N–H and O–H groups in total. The second kappa shape index (κ2) is 10.3. The van der Waals surface area contributed by atoms with Crippen LogP contribution in [0.3, 0.4) is 0 Å². The molecule has 152 valence electrons. The Bertz CT molecular complexity index is 744. The lowest BCUT2D eigenvalue weighted by Gasteiger charge is -2.14. The van der Waals surface area contributed by atoms with E-state index in [0.717, 1.165) is 24.0 Å². The lowest BCUT2D eigenvalue weighted by molar-refractivity contribution is -0.124. The molecule has 2 aromatic rings. The second-order valence-corrected chi connectivity index (χ2v) is 7.37. The van der Waals surface area contributed by atoms with Gasteiger partial charge in [-0.1, -0.05) is 44.7 Å². The summed E-state index contributed by atoms with van der Waals surface area (Å²) in [7, 11) is 0. The van der Waals surface area contributed by atoms with Crippen LogP contribution in [0, 0.1) is 0 Å². The number of amides is 1. The van der Waals surface area contributed by atoms with Gasteiger partial charge in [0.25, 0.3) is 0 Å². The van der Waals surface area contributed by atoms with Crippen LogP contribution in [-0.2, 0) is 17.8 Å². The van der Waals surface area contributed by atoms with Gasteiger partial charge in [0.2, 0.25) is 17.7 Å². The van der Waals surface area contributed by atoms with E-state index in [2.05, 4.69) is 27.8 Å². The van der Waals surface area contributed by atoms with E-state index in [1.807, 2.05) is 24.3 Å². The molecular weight excluding hydrogens is 356 g/mol. The minimum absolute atomic E-state index is 0.172. The van der Waals surface area contributed by atoms with Crippen LogP contribution in [0.5, 0.6) is 0 Å². The summed E-state index contributed by atoms with van der Waals surface area (Å²) in [6.07, 6.45) is 6.86. The molecule has 7 nitrogen and oxygen atoms in total. The molecule has 0 unspecified atom stereocenters. The topological polar surface area (TPSA) is 100 Å². The Hall–Kier alpha value is -2.25. The number of aryl methyl sites for hydroxylation is 1. The zero-order chi connectivity index (χ0) is 19.8. The van der Waals surface area contributed by atoms with Gasteiger partial charge in [-0.05, 0) is 37.1 Å². The molecule has 2 atom stereocenters. The number of aliphatic hydroxyl groups excluding tert-OH is 1. The number of benzene rings is 1. The number of nitrogens with one attached hydrogen (secondary N) is 2. The Labute approximate surface area is 165 Å². The van der Waals surface area contributed by atoms with Gasteiger partial charge in [0.1, 0.15) is 6.04 Å². The van der Waals surface area contributed by atoms with Crippen molar-refractivity contribution in [2.75, 3.05) is 6.54 Å². The van der Waals surface area contributed by atoms with E-state index in [-0.39, 0.29) is 5.91 Å². The van der Waals surface area contributed by atoms with Crippen LogP contribution in [0.4, 0.5) is 0 Å². The van der Waals surface area contributed by atoms with Gasteiger partial charge in [-0.2, -0.15) is 0 Å². The van der Waals surface area contributed by atoms with E-state index in [0.29, 0.717) is 31.3 Å². The van der Waals surface area contributed by atoms with Crippen molar-refractivity contribution < 1.29 is 14.3 Å². The third-order valence-corrected chi connectivity index (χ3v) is 5.10. The summed E-state index contributed by atoms with van der Waals surface area (Å²) < 4.78 is 5.77. The van der Waals surface area contributed by atoms with Gasteiger partial charge < -0.3 is 20.2 Å². The highest BCUT2D eigenvalue weighted by atomic mass is 16.4. The molecule has 28 heavy (non-hydrogen) atoms. The number of hydrogen-bond donors (Lipinski definition) is 3. The Morgan fingerprint density at radius 3 is 2.71 bits per heavy atom. The number of rotatable bonds is 10. The van der Waals surface area contributed by atoms with E-state index >= 15 is 0 Å². The van der Waals surface area contributed by atoms with E-state index in [1.165, 1.54) is 25.7 Å². The highest BCUT2D eigenvalue weighted by Crippen LogP contribution is 2.19. The van der Waals surface area contributed by atoms with Crippen molar-refractivity contribution >= 4 is 5.91 Å². The smallest absolute Gasteiger partial charge is 0.247 e. The molecule has 1 aliphatic heterocycles. The van der Waals surface area contributed by atoms with Crippen molar-refractivity contribution in [3.05, 3.63) is 35.7 Å². The average Bonchev–Trinajstić information content (AvgIpc) is 3.35. The molecule has 0 aliphatic carbocycles. The van der Waals surface area contributed by atoms with Crippen molar-refractivity contribution in [3.8, 4) is 11.5 Å². The zero-order valence-corrected chi connectivity index (χ0v) is 16.5. The van der Waals surface area contributed by atoms with E-state index < -0.39 is 12.1 Å². The van der Waals surface area contributed by atoms with Crippen LogP contribution in [0.2, 0.25) is 0 Å². The minimum Gasteiger partial charge on any atom is -0.421 e. The van der Waals surface area contributed by atoms with Crippen LogP contribution in [0.25, 0.3) is 11.5 Å². The van der Waals surface area contributed by atoms with Crippen LogP contribution in [0.1, 0.15) is 56.9 Å². The number of aliphatic hydroxyl groups is 1. The summed E-state index contributed by atoms with van der Waals surface area (Å²) in [6.45, 7) is 3.29. The number of hydrogen-bond acceptors (Lipinski definition) is 6. The van der Waals surface area contributed by atoms with E-state index in [4.69, 9.17) is 4.42 Å². The largest absolute Gasteiger partial charge is 0.421 e. The summed E-state index contributed by atoms with van der Waals surface area (Å²) in [5.41, 5.74) is 1.84. The van der Waals surface area contributed by atoms with Gasteiger partial charge in [0, 0.05) is 18.5 Å². The first-order chi connectivity index (χ1) is 13.7. The predicted octanol–water partition coefficient (Wildman–Crippen LogP) is 2.59. The third kappa shape index (κ3) is 5.62. The normalized spacial score (nSPS) is 19.1. The van der Waals surface area contributed by atoms with Crippen LogP contribution < -0.4 is 10.6 Å². The van der Waals surface area contributed by atoms with Gasteiger partial charge in [0.05, 0.1) is 6.10 Å². The summed E-state index contributed by atoms with van der Waals surface area (Å²) >= 11 is 0. The number of unbranched alkanes of at least 4 members (excludes halogenated alkanes) is 4. The SMILES string of the molecule is CCCCCCCc1nnc(-c2ccc(CNC(=O)[C@H]3NCC[C@@H]3O)cc2)o1. The number of nitrogens with zero attached hydrogens (tertiary/aromatic N) is 2. The number of aromatic nitrogens is 2. The van der Waals surface area contributed by atoms with Crippen molar-refractivity contribution in [3.63, 3.8) is 0 Å². The quantitative estimate of drug-likeness (QED) is 0.543. The maximum atomic E-state index is 12.1. The molecule has 2 heterocycles. The molecule has 0 radical (unpaired) electrons. The Balaban J connectivity index is 1.47. The molecule has 1 aliphatic rings. The molecule has 0 bridgehead atoms. The fourth-order valence-corrected chi connectivity index (χ4v) is 3.37. The fourth-order valence-electron chi connectivity index (χ4n) is 3.37. The van der Waals surface area contributed by atoms with Gasteiger partial charge in [0.15, 0.2) is 0 Å². The summed E-state index contributed by atoms with van der Waals surface area (Å²) in [5.74, 6) is 1.04. The molecule has 1 aromatic carbocycles. The lowest BCUT2D eigenvalue weighted by Crippen LogP contribution is -2.45. The van der Waals surface area contributed by atoms with E-state index in [1.54, 1.807) is 0 Å². The van der Waals surface area contributed by atoms with Crippen molar-refractivity contribution in [2.45, 2.75) is 70.6 Å². The summed E-state index contributed by atoms with van der Waals surface area (Å²) in [4.78, 5) is 12.1. The van der Waals surface area contributed by atoms with Crippen LogP contribution >= 0.6 is 0 Å². The summed E-state index contributed by atoms with van der Waals surface area (Å²) in [5, 5.41) is 23.9. The van der Waals surface area contributed by atoms with Gasteiger partial charge in [-0.15, -0.1) is 10.2 Å².